The summed E-state index contributed by atoms with van der Waals surface area (Å²) in [5.41, 5.74) is 0.575. The van der Waals surface area contributed by atoms with E-state index in [-0.39, 0.29) is 9.71 Å². The second-order valence-corrected chi connectivity index (χ2v) is 6.31. The minimum atomic E-state index is -0.0159. The minimum absolute atomic E-state index is 0.0159. The van der Waals surface area contributed by atoms with E-state index in [1.807, 2.05) is 23.7 Å². The highest BCUT2D eigenvalue weighted by atomic mass is 127. The molecule has 0 saturated heterocycles. The Morgan fingerprint density at radius 3 is 2.93 bits per heavy atom. The lowest BCUT2D eigenvalue weighted by atomic mass is 10.2. The van der Waals surface area contributed by atoms with E-state index in [0.717, 1.165) is 11.4 Å². The van der Waals surface area contributed by atoms with Gasteiger partial charge in [-0.25, -0.2) is 4.98 Å². The van der Waals surface area contributed by atoms with Crippen LogP contribution in [-0.2, 0) is 6.42 Å². The van der Waals surface area contributed by atoms with Gasteiger partial charge < -0.3 is 0 Å². The van der Waals surface area contributed by atoms with Crippen molar-refractivity contribution in [3.63, 3.8) is 0 Å². The van der Waals surface area contributed by atoms with E-state index in [2.05, 4.69) is 34.5 Å². The first-order chi connectivity index (χ1) is 7.11. The number of imidazole rings is 1. The van der Waals surface area contributed by atoms with E-state index in [9.17, 15) is 4.79 Å². The quantitative estimate of drug-likeness (QED) is 0.491. The highest BCUT2D eigenvalue weighted by molar-refractivity contribution is 14.1. The van der Waals surface area contributed by atoms with Gasteiger partial charge in [0, 0.05) is 17.3 Å². The third-order valence-electron chi connectivity index (χ3n) is 2.17. The molecule has 0 radical (unpaired) electrons. The maximum atomic E-state index is 11.7. The Bertz CT molecular complexity index is 469. The summed E-state index contributed by atoms with van der Waals surface area (Å²) in [5, 5.41) is 0. The van der Waals surface area contributed by atoms with Crippen molar-refractivity contribution < 1.29 is 4.79 Å². The van der Waals surface area contributed by atoms with Crippen LogP contribution in [-0.4, -0.2) is 19.1 Å². The summed E-state index contributed by atoms with van der Waals surface area (Å²) in [4.78, 5) is 18.2. The molecule has 5 heteroatoms. The number of Topliss-reactive ketones (excluding diaryl/α,β-unsaturated/α-hetero) is 1. The number of halogens is 1. The van der Waals surface area contributed by atoms with E-state index < -0.39 is 0 Å². The number of rotatable bonds is 3. The smallest absolute Gasteiger partial charge is 0.195 e. The maximum absolute atomic E-state index is 11.7. The molecule has 2 aromatic rings. The van der Waals surface area contributed by atoms with Crippen molar-refractivity contribution in [3.05, 3.63) is 23.0 Å². The molecule has 0 aliphatic carbocycles. The van der Waals surface area contributed by atoms with Crippen LogP contribution < -0.4 is 0 Å². The number of aryl methyl sites for hydroxylation is 1. The van der Waals surface area contributed by atoms with Crippen molar-refractivity contribution in [2.24, 2.45) is 0 Å². The predicted molar refractivity (Wildman–Crippen MR) is 70.3 cm³/mol. The van der Waals surface area contributed by atoms with Crippen molar-refractivity contribution in [2.75, 3.05) is 0 Å². The number of carbonyl (C=O) groups excluding carboxylic acids is 1. The Morgan fingerprint density at radius 2 is 2.40 bits per heavy atom. The first-order valence-electron chi connectivity index (χ1n) is 4.77. The minimum Gasteiger partial charge on any atom is -0.297 e. The molecule has 0 bridgehead atoms. The molecule has 15 heavy (non-hydrogen) atoms. The Kier molecular flexibility index (Phi) is 3.11. The van der Waals surface area contributed by atoms with Crippen LogP contribution >= 0.6 is 33.9 Å². The molecular formula is C10H11IN2OS. The van der Waals surface area contributed by atoms with Crippen LogP contribution in [0.1, 0.15) is 29.2 Å². The molecule has 0 N–H and O–H groups in total. The van der Waals surface area contributed by atoms with Gasteiger partial charge in [-0.05, 0) is 13.3 Å². The third-order valence-corrected chi connectivity index (χ3v) is 3.87. The lowest BCUT2D eigenvalue weighted by Crippen LogP contribution is -2.09. The number of alkyl halides is 1. The second kappa shape index (κ2) is 4.21. The van der Waals surface area contributed by atoms with Crippen molar-refractivity contribution in [2.45, 2.75) is 24.2 Å². The van der Waals surface area contributed by atoms with Crippen LogP contribution in [0.3, 0.4) is 0 Å². The van der Waals surface area contributed by atoms with Crippen molar-refractivity contribution in [1.82, 2.24) is 9.38 Å². The van der Waals surface area contributed by atoms with Gasteiger partial charge in [0.15, 0.2) is 10.7 Å². The molecule has 2 aromatic heterocycles. The first kappa shape index (κ1) is 11.1. The normalized spacial score (nSPS) is 13.3. The van der Waals surface area contributed by atoms with Gasteiger partial charge in [0.2, 0.25) is 0 Å². The van der Waals surface area contributed by atoms with Gasteiger partial charge in [0.1, 0.15) is 5.69 Å². The van der Waals surface area contributed by atoms with Crippen LogP contribution in [0.5, 0.6) is 0 Å². The highest BCUT2D eigenvalue weighted by Crippen LogP contribution is 2.19. The molecule has 80 valence electrons. The zero-order valence-corrected chi connectivity index (χ0v) is 11.5. The molecule has 1 atom stereocenters. The van der Waals surface area contributed by atoms with E-state index in [1.165, 1.54) is 4.88 Å². The van der Waals surface area contributed by atoms with Gasteiger partial charge >= 0.3 is 0 Å². The SMILES string of the molecule is CCc1cn2cc(C(=O)C(C)I)nc2s1. The van der Waals surface area contributed by atoms with Gasteiger partial charge in [0.25, 0.3) is 0 Å². The summed E-state index contributed by atoms with van der Waals surface area (Å²) in [5.74, 6) is 0.101. The Morgan fingerprint density at radius 1 is 1.67 bits per heavy atom. The fourth-order valence-electron chi connectivity index (χ4n) is 1.33. The van der Waals surface area contributed by atoms with Crippen molar-refractivity contribution in [3.8, 4) is 0 Å². The topological polar surface area (TPSA) is 34.4 Å². The zero-order chi connectivity index (χ0) is 11.0. The first-order valence-corrected chi connectivity index (χ1v) is 6.83. The molecule has 0 spiro atoms. The molecule has 1 unspecified atom stereocenters. The summed E-state index contributed by atoms with van der Waals surface area (Å²) in [7, 11) is 0. The average Bonchev–Trinajstić information content (AvgIpc) is 2.72. The standard InChI is InChI=1S/C10H11IN2OS/c1-3-7-4-13-5-8(9(14)6(2)11)12-10(13)15-7/h4-6H,3H2,1-2H3. The van der Waals surface area contributed by atoms with Crippen LogP contribution in [0, 0.1) is 0 Å². The molecule has 0 amide bonds. The van der Waals surface area contributed by atoms with Gasteiger partial charge in [-0.1, -0.05) is 29.5 Å². The monoisotopic (exact) mass is 334 g/mol. The second-order valence-electron chi connectivity index (χ2n) is 3.35. The summed E-state index contributed by atoms with van der Waals surface area (Å²) >= 11 is 3.76. The number of hydrogen-bond donors (Lipinski definition) is 0. The van der Waals surface area contributed by atoms with E-state index in [1.54, 1.807) is 11.3 Å². The molecule has 0 aliphatic heterocycles. The number of nitrogens with zero attached hydrogens (tertiary/aromatic N) is 2. The van der Waals surface area contributed by atoms with Crippen LogP contribution in [0.25, 0.3) is 4.96 Å². The number of aromatic nitrogens is 2. The van der Waals surface area contributed by atoms with Gasteiger partial charge in [0.05, 0.1) is 3.92 Å². The summed E-state index contributed by atoms with van der Waals surface area (Å²) in [6, 6.07) is 0. The summed E-state index contributed by atoms with van der Waals surface area (Å²) < 4.78 is 1.92. The lowest BCUT2D eigenvalue weighted by Gasteiger charge is -1.96. The van der Waals surface area contributed by atoms with E-state index in [4.69, 9.17) is 0 Å². The Hall–Kier alpha value is -0.430. The van der Waals surface area contributed by atoms with Gasteiger partial charge in [-0.15, -0.1) is 11.3 Å². The van der Waals surface area contributed by atoms with Crippen LogP contribution in [0.2, 0.25) is 0 Å². The number of hydrogen-bond acceptors (Lipinski definition) is 3. The molecule has 3 nitrogen and oxygen atoms in total. The fraction of sp³-hybridized carbons (Fsp3) is 0.400. The third kappa shape index (κ3) is 2.08. The van der Waals surface area contributed by atoms with Crippen molar-refractivity contribution >= 4 is 44.7 Å². The number of fused-ring (bicyclic) bond motifs is 1. The number of thiazole rings is 1. The molecule has 2 heterocycles. The molecule has 0 aromatic carbocycles. The van der Waals surface area contributed by atoms with Gasteiger partial charge in [-0.2, -0.15) is 0 Å². The molecule has 0 aliphatic rings. The maximum Gasteiger partial charge on any atom is 0.195 e. The van der Waals surface area contributed by atoms with Crippen LogP contribution in [0.15, 0.2) is 12.4 Å². The van der Waals surface area contributed by atoms with E-state index in [0.29, 0.717) is 5.69 Å². The molecular weight excluding hydrogens is 323 g/mol. The molecule has 0 saturated carbocycles. The summed E-state index contributed by atoms with van der Waals surface area (Å²) in [6.07, 6.45) is 4.88. The Labute approximate surface area is 106 Å². The predicted octanol–water partition coefficient (Wildman–Crippen LogP) is 2.96. The van der Waals surface area contributed by atoms with E-state index >= 15 is 0 Å². The Balaban J connectivity index is 2.40. The zero-order valence-electron chi connectivity index (χ0n) is 8.53. The van der Waals surface area contributed by atoms with Gasteiger partial charge in [-0.3, -0.25) is 9.20 Å². The van der Waals surface area contributed by atoms with Crippen LogP contribution in [0.4, 0.5) is 0 Å². The number of carbonyl (C=O) groups is 1. The lowest BCUT2D eigenvalue weighted by molar-refractivity contribution is 0.0994. The molecule has 0 fully saturated rings. The fourth-order valence-corrected chi connectivity index (χ4v) is 2.55. The number of ketones is 1. The molecule has 2 rings (SSSR count). The highest BCUT2D eigenvalue weighted by Gasteiger charge is 2.16. The largest absolute Gasteiger partial charge is 0.297 e. The summed E-state index contributed by atoms with van der Waals surface area (Å²) in [6.45, 7) is 4.00. The average molecular weight is 334 g/mol. The van der Waals surface area contributed by atoms with Crippen molar-refractivity contribution in [1.29, 1.82) is 0 Å².